The van der Waals surface area contributed by atoms with Crippen LogP contribution in [-0.2, 0) is 4.74 Å². The third kappa shape index (κ3) is 5.66. The molecule has 2 heteroatoms. The van der Waals surface area contributed by atoms with Gasteiger partial charge in [0.25, 0.3) is 0 Å². The summed E-state index contributed by atoms with van der Waals surface area (Å²) in [6.45, 7) is 9.10. The van der Waals surface area contributed by atoms with E-state index in [1.165, 1.54) is 32.1 Å². The fourth-order valence-electron chi connectivity index (χ4n) is 2.33. The van der Waals surface area contributed by atoms with Crippen molar-refractivity contribution in [1.82, 2.24) is 5.32 Å². The van der Waals surface area contributed by atoms with Crippen molar-refractivity contribution in [3.63, 3.8) is 0 Å². The maximum atomic E-state index is 5.44. The van der Waals surface area contributed by atoms with Crippen LogP contribution < -0.4 is 5.32 Å². The molecule has 1 saturated heterocycles. The predicted octanol–water partition coefficient (Wildman–Crippen LogP) is 3.14. The van der Waals surface area contributed by atoms with Crippen molar-refractivity contribution < 1.29 is 4.74 Å². The van der Waals surface area contributed by atoms with Gasteiger partial charge < -0.3 is 10.1 Å². The molecule has 94 valence electrons. The van der Waals surface area contributed by atoms with Crippen LogP contribution in [-0.4, -0.2) is 25.8 Å². The lowest BCUT2D eigenvalue weighted by Gasteiger charge is -2.21. The molecule has 0 aromatic rings. The van der Waals surface area contributed by atoms with E-state index in [1.54, 1.807) is 0 Å². The summed E-state index contributed by atoms with van der Waals surface area (Å²) in [6.07, 6.45) is 9.48. The quantitative estimate of drug-likeness (QED) is 0.481. The summed E-state index contributed by atoms with van der Waals surface area (Å²) in [5.74, 6) is 0.790. The molecule has 2 atom stereocenters. The molecular weight excluding hydrogens is 198 g/mol. The molecule has 2 nitrogen and oxygen atoms in total. The van der Waals surface area contributed by atoms with E-state index in [0.29, 0.717) is 6.04 Å². The lowest BCUT2D eigenvalue weighted by Crippen LogP contribution is -2.32. The fraction of sp³-hybridized carbons (Fsp3) is 0.857. The van der Waals surface area contributed by atoms with Crippen molar-refractivity contribution in [2.24, 2.45) is 5.92 Å². The second-order valence-electron chi connectivity index (χ2n) is 4.84. The van der Waals surface area contributed by atoms with Gasteiger partial charge in [0.05, 0.1) is 0 Å². The average Bonchev–Trinajstić information content (AvgIpc) is 2.78. The zero-order valence-corrected chi connectivity index (χ0v) is 10.7. The number of rotatable bonds is 9. The van der Waals surface area contributed by atoms with Crippen LogP contribution in [0.1, 0.15) is 45.4 Å². The summed E-state index contributed by atoms with van der Waals surface area (Å²) in [6, 6.07) is 0.687. The zero-order chi connectivity index (χ0) is 11.6. The smallest absolute Gasteiger partial charge is 0.0495 e. The maximum Gasteiger partial charge on any atom is 0.0495 e. The van der Waals surface area contributed by atoms with Crippen LogP contribution in [0.25, 0.3) is 0 Å². The van der Waals surface area contributed by atoms with Crippen molar-refractivity contribution in [2.75, 3.05) is 19.8 Å². The van der Waals surface area contributed by atoms with Crippen molar-refractivity contribution in [1.29, 1.82) is 0 Å². The molecule has 0 saturated carbocycles. The van der Waals surface area contributed by atoms with Crippen molar-refractivity contribution >= 4 is 0 Å². The van der Waals surface area contributed by atoms with Gasteiger partial charge in [-0.2, -0.15) is 0 Å². The molecule has 0 spiro atoms. The maximum absolute atomic E-state index is 5.44. The van der Waals surface area contributed by atoms with Crippen LogP contribution in [0.3, 0.4) is 0 Å². The number of hydrogen-bond acceptors (Lipinski definition) is 2. The van der Waals surface area contributed by atoms with Crippen LogP contribution in [0.4, 0.5) is 0 Å². The number of nitrogens with one attached hydrogen (secondary N) is 1. The van der Waals surface area contributed by atoms with Gasteiger partial charge in [0.1, 0.15) is 0 Å². The van der Waals surface area contributed by atoms with E-state index in [-0.39, 0.29) is 0 Å². The molecule has 2 unspecified atom stereocenters. The highest BCUT2D eigenvalue weighted by atomic mass is 16.5. The minimum atomic E-state index is 0.687. The summed E-state index contributed by atoms with van der Waals surface area (Å²) in [7, 11) is 0. The Morgan fingerprint density at radius 3 is 3.06 bits per heavy atom. The van der Waals surface area contributed by atoms with E-state index >= 15 is 0 Å². The van der Waals surface area contributed by atoms with Crippen LogP contribution in [0.15, 0.2) is 12.7 Å². The molecule has 16 heavy (non-hydrogen) atoms. The Morgan fingerprint density at radius 1 is 1.56 bits per heavy atom. The highest BCUT2D eigenvalue weighted by Crippen LogP contribution is 2.20. The monoisotopic (exact) mass is 225 g/mol. The second-order valence-corrected chi connectivity index (χ2v) is 4.84. The molecule has 0 amide bonds. The van der Waals surface area contributed by atoms with E-state index in [1.807, 2.05) is 6.08 Å². The molecule has 1 aliphatic heterocycles. The van der Waals surface area contributed by atoms with Gasteiger partial charge in [-0.3, -0.25) is 0 Å². The normalized spacial score (nSPS) is 22.2. The van der Waals surface area contributed by atoms with Crippen molar-refractivity contribution in [3.05, 3.63) is 12.7 Å². The number of allylic oxidation sites excluding steroid dienone is 1. The molecule has 1 fully saturated rings. The standard InChI is InChI=1S/C14H27NO/c1-3-5-6-7-14(15-9-4-2)11-13-8-10-16-12-13/h3,13-15H,1,4-12H2,2H3. The molecule has 0 aliphatic carbocycles. The molecule has 1 aliphatic rings. The Bertz CT molecular complexity index is 176. The largest absolute Gasteiger partial charge is 0.381 e. The molecular formula is C14H27NO. The Labute approximate surface area is 100 Å². The summed E-state index contributed by atoms with van der Waals surface area (Å²) in [5, 5.41) is 3.67. The molecule has 1 heterocycles. The summed E-state index contributed by atoms with van der Waals surface area (Å²) < 4.78 is 5.44. The first-order valence-corrected chi connectivity index (χ1v) is 6.78. The second kappa shape index (κ2) is 8.77. The van der Waals surface area contributed by atoms with Gasteiger partial charge in [-0.05, 0) is 51.0 Å². The molecule has 1 rings (SSSR count). The third-order valence-electron chi connectivity index (χ3n) is 3.29. The van der Waals surface area contributed by atoms with Gasteiger partial charge in [0.2, 0.25) is 0 Å². The van der Waals surface area contributed by atoms with Gasteiger partial charge in [0, 0.05) is 19.3 Å². The van der Waals surface area contributed by atoms with Crippen LogP contribution in [0.5, 0.6) is 0 Å². The molecule has 0 radical (unpaired) electrons. The van der Waals surface area contributed by atoms with Gasteiger partial charge in [-0.1, -0.05) is 13.0 Å². The van der Waals surface area contributed by atoms with Gasteiger partial charge in [-0.15, -0.1) is 6.58 Å². The molecule has 0 aromatic heterocycles. The summed E-state index contributed by atoms with van der Waals surface area (Å²) in [5.41, 5.74) is 0. The van der Waals surface area contributed by atoms with Gasteiger partial charge in [0.15, 0.2) is 0 Å². The summed E-state index contributed by atoms with van der Waals surface area (Å²) >= 11 is 0. The highest BCUT2D eigenvalue weighted by molar-refractivity contribution is 4.76. The Hall–Kier alpha value is -0.340. The number of ether oxygens (including phenoxy) is 1. The predicted molar refractivity (Wildman–Crippen MR) is 69.7 cm³/mol. The first-order valence-electron chi connectivity index (χ1n) is 6.78. The summed E-state index contributed by atoms with van der Waals surface area (Å²) in [4.78, 5) is 0. The van der Waals surface area contributed by atoms with Crippen LogP contribution in [0, 0.1) is 5.92 Å². The first-order chi connectivity index (χ1) is 7.86. The molecule has 0 bridgehead atoms. The Morgan fingerprint density at radius 2 is 2.44 bits per heavy atom. The zero-order valence-electron chi connectivity index (χ0n) is 10.7. The lowest BCUT2D eigenvalue weighted by molar-refractivity contribution is 0.180. The van der Waals surface area contributed by atoms with Crippen LogP contribution in [0.2, 0.25) is 0 Å². The first kappa shape index (κ1) is 13.7. The van der Waals surface area contributed by atoms with Gasteiger partial charge in [-0.25, -0.2) is 0 Å². The van der Waals surface area contributed by atoms with E-state index in [4.69, 9.17) is 4.74 Å². The van der Waals surface area contributed by atoms with E-state index in [9.17, 15) is 0 Å². The fourth-order valence-corrected chi connectivity index (χ4v) is 2.33. The van der Waals surface area contributed by atoms with E-state index < -0.39 is 0 Å². The van der Waals surface area contributed by atoms with Crippen molar-refractivity contribution in [3.8, 4) is 0 Å². The topological polar surface area (TPSA) is 21.3 Å². The Kier molecular flexibility index (Phi) is 7.52. The SMILES string of the molecule is C=CCCCC(CC1CCOC1)NCCC. The van der Waals surface area contributed by atoms with Crippen LogP contribution >= 0.6 is 0 Å². The molecule has 1 N–H and O–H groups in total. The minimum Gasteiger partial charge on any atom is -0.381 e. The number of hydrogen-bond donors (Lipinski definition) is 1. The third-order valence-corrected chi connectivity index (χ3v) is 3.29. The average molecular weight is 225 g/mol. The minimum absolute atomic E-state index is 0.687. The van der Waals surface area contributed by atoms with E-state index in [0.717, 1.165) is 32.1 Å². The molecule has 0 aromatic carbocycles. The highest BCUT2D eigenvalue weighted by Gasteiger charge is 2.19. The van der Waals surface area contributed by atoms with Gasteiger partial charge >= 0.3 is 0 Å². The van der Waals surface area contributed by atoms with Crippen molar-refractivity contribution in [2.45, 2.75) is 51.5 Å². The Balaban J connectivity index is 2.21. The lowest BCUT2D eigenvalue weighted by atomic mass is 9.95. The number of unbranched alkanes of at least 4 members (excludes halogenated alkanes) is 1. The van der Waals surface area contributed by atoms with E-state index in [2.05, 4.69) is 18.8 Å².